The highest BCUT2D eigenvalue weighted by molar-refractivity contribution is 7.98. The van der Waals surface area contributed by atoms with E-state index < -0.39 is 0 Å². The fraction of sp³-hybridized carbons (Fsp3) is 0.318. The molecule has 30 heavy (non-hydrogen) atoms. The zero-order valence-electron chi connectivity index (χ0n) is 16.9. The average molecular weight is 463 g/mol. The maximum atomic E-state index is 12.2. The predicted molar refractivity (Wildman–Crippen MR) is 124 cm³/mol. The molecule has 1 unspecified atom stereocenters. The lowest BCUT2D eigenvalue weighted by Crippen LogP contribution is -2.28. The Labute approximate surface area is 191 Å². The number of benzene rings is 2. The van der Waals surface area contributed by atoms with E-state index in [1.807, 2.05) is 54.8 Å². The minimum atomic E-state index is -0.315. The summed E-state index contributed by atoms with van der Waals surface area (Å²) in [5.74, 6) is 1.82. The van der Waals surface area contributed by atoms with Crippen molar-refractivity contribution in [2.45, 2.75) is 43.6 Å². The van der Waals surface area contributed by atoms with Crippen LogP contribution >= 0.6 is 35.0 Å². The molecular weight excluding hydrogens is 439 g/mol. The van der Waals surface area contributed by atoms with E-state index in [1.165, 1.54) is 5.56 Å². The number of nitrogens with zero attached hydrogens (tertiary/aromatic N) is 3. The zero-order valence-corrected chi connectivity index (χ0v) is 19.3. The number of thioether (sulfide) groups is 1. The van der Waals surface area contributed by atoms with E-state index in [2.05, 4.69) is 27.6 Å². The normalized spacial score (nSPS) is 12.0. The van der Waals surface area contributed by atoms with Crippen LogP contribution in [0.2, 0.25) is 5.02 Å². The number of hydrogen-bond acceptors (Lipinski definition) is 4. The van der Waals surface area contributed by atoms with Gasteiger partial charge in [-0.2, -0.15) is 0 Å². The van der Waals surface area contributed by atoms with Gasteiger partial charge in [-0.05, 0) is 43.5 Å². The SMILES string of the molecule is Cc1ccc(Cl)cc1-n1c(SCc2ccccc2)nnc1C(C)NC(=O)CCCCl. The lowest BCUT2D eigenvalue weighted by atomic mass is 10.2. The van der Waals surface area contributed by atoms with Crippen LogP contribution in [0.1, 0.15) is 42.8 Å². The molecule has 3 aromatic rings. The van der Waals surface area contributed by atoms with E-state index in [1.54, 1.807) is 11.8 Å². The quantitative estimate of drug-likeness (QED) is 0.326. The Morgan fingerprint density at radius 2 is 1.97 bits per heavy atom. The number of halogens is 2. The maximum absolute atomic E-state index is 12.2. The number of carbonyl (C=O) groups excluding carboxylic acids is 1. The first-order valence-electron chi connectivity index (χ1n) is 9.73. The largest absolute Gasteiger partial charge is 0.346 e. The van der Waals surface area contributed by atoms with Gasteiger partial charge in [0.25, 0.3) is 0 Å². The first-order chi connectivity index (χ1) is 14.5. The molecule has 1 atom stereocenters. The highest BCUT2D eigenvalue weighted by Gasteiger charge is 2.22. The Bertz CT molecular complexity index is 994. The number of aryl methyl sites for hydroxylation is 1. The summed E-state index contributed by atoms with van der Waals surface area (Å²) in [6.45, 7) is 3.93. The number of aromatic nitrogens is 3. The second-order valence-electron chi connectivity index (χ2n) is 6.96. The van der Waals surface area contributed by atoms with E-state index in [4.69, 9.17) is 23.2 Å². The van der Waals surface area contributed by atoms with Crippen LogP contribution in [-0.4, -0.2) is 26.6 Å². The molecular formula is C22H24Cl2N4OS. The van der Waals surface area contributed by atoms with Crippen LogP contribution in [0, 0.1) is 6.92 Å². The van der Waals surface area contributed by atoms with E-state index in [-0.39, 0.29) is 11.9 Å². The van der Waals surface area contributed by atoms with E-state index in [0.717, 1.165) is 22.2 Å². The third kappa shape index (κ3) is 5.78. The van der Waals surface area contributed by atoms with Crippen molar-refractivity contribution >= 4 is 40.9 Å². The van der Waals surface area contributed by atoms with Gasteiger partial charge >= 0.3 is 0 Å². The van der Waals surface area contributed by atoms with Crippen LogP contribution in [0.25, 0.3) is 5.69 Å². The van der Waals surface area contributed by atoms with Crippen LogP contribution < -0.4 is 5.32 Å². The second kappa shape index (κ2) is 10.8. The lowest BCUT2D eigenvalue weighted by molar-refractivity contribution is -0.121. The molecule has 1 N–H and O–H groups in total. The van der Waals surface area contributed by atoms with Gasteiger partial charge in [0.1, 0.15) is 0 Å². The van der Waals surface area contributed by atoms with Gasteiger partial charge in [-0.25, -0.2) is 0 Å². The van der Waals surface area contributed by atoms with Crippen molar-refractivity contribution in [3.8, 4) is 5.69 Å². The molecule has 0 aliphatic heterocycles. The van der Waals surface area contributed by atoms with Gasteiger partial charge in [-0.1, -0.05) is 59.8 Å². The van der Waals surface area contributed by atoms with Gasteiger partial charge in [0.15, 0.2) is 11.0 Å². The van der Waals surface area contributed by atoms with Gasteiger partial charge in [0.05, 0.1) is 11.7 Å². The van der Waals surface area contributed by atoms with Crippen LogP contribution in [0.5, 0.6) is 0 Å². The van der Waals surface area contributed by atoms with Gasteiger partial charge in [-0.15, -0.1) is 21.8 Å². The van der Waals surface area contributed by atoms with Crippen molar-refractivity contribution in [1.82, 2.24) is 20.1 Å². The fourth-order valence-electron chi connectivity index (χ4n) is 3.03. The number of alkyl halides is 1. The smallest absolute Gasteiger partial charge is 0.220 e. The third-order valence-electron chi connectivity index (χ3n) is 4.58. The minimum absolute atomic E-state index is 0.0565. The molecule has 0 aliphatic rings. The Kier molecular flexibility index (Phi) is 8.19. The van der Waals surface area contributed by atoms with Gasteiger partial charge < -0.3 is 5.32 Å². The molecule has 0 aliphatic carbocycles. The van der Waals surface area contributed by atoms with E-state index in [0.29, 0.717) is 29.6 Å². The second-order valence-corrected chi connectivity index (χ2v) is 8.72. The van der Waals surface area contributed by atoms with Crippen molar-refractivity contribution < 1.29 is 4.79 Å². The molecule has 1 amide bonds. The van der Waals surface area contributed by atoms with Crippen molar-refractivity contribution in [2.75, 3.05) is 5.88 Å². The standard InChI is InChI=1S/C22H24Cl2N4OS/c1-15-10-11-18(24)13-19(15)28-21(16(2)25-20(29)9-6-12-23)26-27-22(28)30-14-17-7-4-3-5-8-17/h3-5,7-8,10-11,13,16H,6,9,12,14H2,1-2H3,(H,25,29). The maximum Gasteiger partial charge on any atom is 0.220 e. The molecule has 5 nitrogen and oxygen atoms in total. The molecule has 0 saturated heterocycles. The summed E-state index contributed by atoms with van der Waals surface area (Å²) in [6.07, 6.45) is 1.02. The monoisotopic (exact) mass is 462 g/mol. The van der Waals surface area contributed by atoms with Crippen molar-refractivity contribution in [2.24, 2.45) is 0 Å². The van der Waals surface area contributed by atoms with Crippen molar-refractivity contribution in [3.05, 3.63) is 70.5 Å². The molecule has 0 spiro atoms. The molecule has 1 aromatic heterocycles. The summed E-state index contributed by atoms with van der Waals surface area (Å²) >= 11 is 13.6. The number of hydrogen-bond donors (Lipinski definition) is 1. The molecule has 8 heteroatoms. The molecule has 0 fully saturated rings. The highest BCUT2D eigenvalue weighted by atomic mass is 35.5. The lowest BCUT2D eigenvalue weighted by Gasteiger charge is -2.18. The fourth-order valence-corrected chi connectivity index (χ4v) is 4.24. The van der Waals surface area contributed by atoms with Crippen LogP contribution in [0.15, 0.2) is 53.7 Å². The van der Waals surface area contributed by atoms with Gasteiger partial charge in [0.2, 0.25) is 5.91 Å². The summed E-state index contributed by atoms with van der Waals surface area (Å²) in [7, 11) is 0. The molecule has 2 aromatic carbocycles. The molecule has 158 valence electrons. The topological polar surface area (TPSA) is 59.8 Å². The minimum Gasteiger partial charge on any atom is -0.346 e. The molecule has 0 saturated carbocycles. The van der Waals surface area contributed by atoms with Gasteiger partial charge in [-0.3, -0.25) is 9.36 Å². The Hall–Kier alpha value is -2.02. The summed E-state index contributed by atoms with van der Waals surface area (Å²) in [6, 6.07) is 15.6. The summed E-state index contributed by atoms with van der Waals surface area (Å²) in [5.41, 5.74) is 3.14. The zero-order chi connectivity index (χ0) is 21.5. The van der Waals surface area contributed by atoms with Gasteiger partial charge in [0, 0.05) is 23.1 Å². The van der Waals surface area contributed by atoms with E-state index in [9.17, 15) is 4.79 Å². The third-order valence-corrected chi connectivity index (χ3v) is 6.09. The van der Waals surface area contributed by atoms with Crippen LogP contribution in [0.3, 0.4) is 0 Å². The number of rotatable bonds is 9. The number of nitrogens with one attached hydrogen (secondary N) is 1. The first kappa shape index (κ1) is 22.7. The molecule has 3 rings (SSSR count). The number of amides is 1. The number of carbonyl (C=O) groups is 1. The van der Waals surface area contributed by atoms with Crippen LogP contribution in [-0.2, 0) is 10.5 Å². The Morgan fingerprint density at radius 3 is 2.70 bits per heavy atom. The Morgan fingerprint density at radius 1 is 1.20 bits per heavy atom. The van der Waals surface area contributed by atoms with Crippen molar-refractivity contribution in [1.29, 1.82) is 0 Å². The summed E-state index contributed by atoms with van der Waals surface area (Å²) in [4.78, 5) is 12.2. The highest BCUT2D eigenvalue weighted by Crippen LogP contribution is 2.30. The molecule has 0 bridgehead atoms. The molecule has 1 heterocycles. The predicted octanol–water partition coefficient (Wildman–Crippen LogP) is 5.72. The summed E-state index contributed by atoms with van der Waals surface area (Å²) in [5, 5.41) is 13.2. The first-order valence-corrected chi connectivity index (χ1v) is 11.6. The van der Waals surface area contributed by atoms with Crippen molar-refractivity contribution in [3.63, 3.8) is 0 Å². The summed E-state index contributed by atoms with van der Waals surface area (Å²) < 4.78 is 1.99. The Balaban J connectivity index is 1.93. The average Bonchev–Trinajstić information content (AvgIpc) is 3.17. The molecule has 0 radical (unpaired) electrons. The van der Waals surface area contributed by atoms with E-state index >= 15 is 0 Å². The van der Waals surface area contributed by atoms with Crippen LogP contribution in [0.4, 0.5) is 0 Å².